The Hall–Kier alpha value is -2.52. The third kappa shape index (κ3) is 6.50. The van der Waals surface area contributed by atoms with Crippen LogP contribution in [-0.4, -0.2) is 76.9 Å². The van der Waals surface area contributed by atoms with Crippen LogP contribution in [0, 0.1) is 0 Å². The maximum Gasteiger partial charge on any atom is 0.273 e. The minimum absolute atomic E-state index is 0.00427. The summed E-state index contributed by atoms with van der Waals surface area (Å²) in [6.07, 6.45) is 2.47. The second-order valence-corrected chi connectivity index (χ2v) is 8.18. The van der Waals surface area contributed by atoms with E-state index in [1.807, 2.05) is 36.9 Å². The minimum Gasteiger partial charge on any atom is -0.359 e. The predicted molar refractivity (Wildman–Crippen MR) is 114 cm³/mol. The Morgan fingerprint density at radius 1 is 1.21 bits per heavy atom. The maximum atomic E-state index is 12.6. The molecular formula is C20H28N6O2S. The fraction of sp³-hybridized carbons (Fsp3) is 0.500. The number of amides is 2. The van der Waals surface area contributed by atoms with Crippen molar-refractivity contribution in [3.05, 3.63) is 41.2 Å². The number of pyridine rings is 1. The van der Waals surface area contributed by atoms with Gasteiger partial charge in [0.15, 0.2) is 5.13 Å². The van der Waals surface area contributed by atoms with Crippen LogP contribution in [0.25, 0.3) is 0 Å². The molecule has 9 heteroatoms. The van der Waals surface area contributed by atoms with Crippen LogP contribution < -0.4 is 10.6 Å². The Balaban J connectivity index is 1.37. The summed E-state index contributed by atoms with van der Waals surface area (Å²) in [4.78, 5) is 37.3. The van der Waals surface area contributed by atoms with Gasteiger partial charge in [-0.1, -0.05) is 6.07 Å². The van der Waals surface area contributed by atoms with E-state index in [-0.39, 0.29) is 17.9 Å². The monoisotopic (exact) mass is 416 g/mol. The molecule has 1 aliphatic rings. The van der Waals surface area contributed by atoms with Crippen LogP contribution in [0.15, 0.2) is 29.8 Å². The molecule has 0 saturated carbocycles. The number of hydrogen-bond donors (Lipinski definition) is 2. The smallest absolute Gasteiger partial charge is 0.273 e. The molecule has 2 N–H and O–H groups in total. The number of aromatic nitrogens is 2. The summed E-state index contributed by atoms with van der Waals surface area (Å²) >= 11 is 1.45. The summed E-state index contributed by atoms with van der Waals surface area (Å²) in [6, 6.07) is 6.05. The first kappa shape index (κ1) is 21.2. The summed E-state index contributed by atoms with van der Waals surface area (Å²) in [5.41, 5.74) is 1.45. The molecule has 0 spiro atoms. The van der Waals surface area contributed by atoms with Crippen molar-refractivity contribution in [1.82, 2.24) is 25.1 Å². The molecule has 29 heavy (non-hydrogen) atoms. The van der Waals surface area contributed by atoms with Crippen molar-refractivity contribution in [2.24, 2.45) is 0 Å². The number of piperazine rings is 1. The lowest BCUT2D eigenvalue weighted by Crippen LogP contribution is -2.51. The molecule has 2 aromatic heterocycles. The van der Waals surface area contributed by atoms with E-state index >= 15 is 0 Å². The highest BCUT2D eigenvalue weighted by atomic mass is 32.1. The highest BCUT2D eigenvalue weighted by molar-refractivity contribution is 7.13. The molecule has 1 aliphatic heterocycles. The average molecular weight is 417 g/mol. The summed E-state index contributed by atoms with van der Waals surface area (Å²) in [6.45, 7) is 7.57. The Morgan fingerprint density at radius 3 is 2.69 bits per heavy atom. The van der Waals surface area contributed by atoms with Crippen LogP contribution in [0.3, 0.4) is 0 Å². The van der Waals surface area contributed by atoms with Gasteiger partial charge in [0.05, 0.1) is 6.54 Å². The predicted octanol–water partition coefficient (Wildman–Crippen LogP) is 1.48. The molecule has 3 heterocycles. The molecule has 2 amide bonds. The van der Waals surface area contributed by atoms with Gasteiger partial charge in [-0.15, -0.1) is 11.3 Å². The van der Waals surface area contributed by atoms with E-state index in [4.69, 9.17) is 0 Å². The van der Waals surface area contributed by atoms with Crippen LogP contribution >= 0.6 is 11.3 Å². The minimum atomic E-state index is -0.0440. The Morgan fingerprint density at radius 2 is 2.00 bits per heavy atom. The molecule has 1 fully saturated rings. The Bertz CT molecular complexity index is 802. The van der Waals surface area contributed by atoms with Gasteiger partial charge in [0.1, 0.15) is 5.69 Å². The Labute approximate surface area is 175 Å². The second-order valence-electron chi connectivity index (χ2n) is 7.33. The SMILES string of the molecule is CC(C)Nc1nc(C(=O)N2CCN(CC(=O)NCCc3ccccn3)CC2)cs1. The summed E-state index contributed by atoms with van der Waals surface area (Å²) in [5.74, 6) is -0.0397. The first-order valence-electron chi connectivity index (χ1n) is 9.91. The number of rotatable bonds is 8. The fourth-order valence-electron chi connectivity index (χ4n) is 3.09. The van der Waals surface area contributed by atoms with Gasteiger partial charge in [-0.3, -0.25) is 19.5 Å². The molecule has 2 aromatic rings. The molecule has 0 aliphatic carbocycles. The van der Waals surface area contributed by atoms with E-state index in [9.17, 15) is 9.59 Å². The first-order valence-corrected chi connectivity index (χ1v) is 10.8. The van der Waals surface area contributed by atoms with Crippen molar-refractivity contribution >= 4 is 28.3 Å². The van der Waals surface area contributed by atoms with E-state index in [1.165, 1.54) is 11.3 Å². The Kier molecular flexibility index (Phi) is 7.54. The van der Waals surface area contributed by atoms with Crippen LogP contribution in [-0.2, 0) is 11.2 Å². The van der Waals surface area contributed by atoms with Crippen LogP contribution in [0.2, 0.25) is 0 Å². The fourth-order valence-corrected chi connectivity index (χ4v) is 3.92. The van der Waals surface area contributed by atoms with Gasteiger partial charge >= 0.3 is 0 Å². The van der Waals surface area contributed by atoms with Crippen molar-refractivity contribution in [3.8, 4) is 0 Å². The zero-order chi connectivity index (χ0) is 20.6. The number of nitrogens with one attached hydrogen (secondary N) is 2. The van der Waals surface area contributed by atoms with Gasteiger partial charge in [-0.25, -0.2) is 4.98 Å². The van der Waals surface area contributed by atoms with Gasteiger partial charge in [0.25, 0.3) is 5.91 Å². The van der Waals surface area contributed by atoms with E-state index in [0.29, 0.717) is 45.0 Å². The number of thiazole rings is 1. The van der Waals surface area contributed by atoms with Crippen molar-refractivity contribution in [2.45, 2.75) is 26.3 Å². The molecular weight excluding hydrogens is 388 g/mol. The highest BCUT2D eigenvalue weighted by Gasteiger charge is 2.24. The topological polar surface area (TPSA) is 90.5 Å². The molecule has 0 unspecified atom stereocenters. The average Bonchev–Trinajstić information content (AvgIpc) is 3.16. The third-order valence-electron chi connectivity index (χ3n) is 4.59. The molecule has 0 bridgehead atoms. The number of hydrogen-bond acceptors (Lipinski definition) is 7. The highest BCUT2D eigenvalue weighted by Crippen LogP contribution is 2.18. The zero-order valence-electron chi connectivity index (χ0n) is 16.9. The van der Waals surface area contributed by atoms with Crippen LogP contribution in [0.1, 0.15) is 30.0 Å². The zero-order valence-corrected chi connectivity index (χ0v) is 17.7. The standard InChI is InChI=1S/C20H28N6O2S/c1-15(2)23-20-24-17(14-29-20)19(28)26-11-9-25(10-12-26)13-18(27)22-8-6-16-5-3-4-7-21-16/h3-5,7,14-15H,6,8-13H2,1-2H3,(H,22,27)(H,23,24). The van der Waals surface area contributed by atoms with Crippen molar-refractivity contribution in [2.75, 3.05) is 44.6 Å². The summed E-state index contributed by atoms with van der Waals surface area (Å²) in [7, 11) is 0. The molecule has 0 radical (unpaired) electrons. The van der Waals surface area contributed by atoms with Crippen LogP contribution in [0.4, 0.5) is 5.13 Å². The van der Waals surface area contributed by atoms with Crippen molar-refractivity contribution in [1.29, 1.82) is 0 Å². The first-order chi connectivity index (χ1) is 14.0. The largest absolute Gasteiger partial charge is 0.359 e. The normalized spacial score (nSPS) is 14.8. The van der Waals surface area contributed by atoms with Crippen molar-refractivity contribution < 1.29 is 9.59 Å². The second kappa shape index (κ2) is 10.3. The van der Waals surface area contributed by atoms with E-state index in [2.05, 4.69) is 25.5 Å². The van der Waals surface area contributed by atoms with E-state index in [1.54, 1.807) is 11.6 Å². The quantitative estimate of drug-likeness (QED) is 0.677. The number of nitrogens with zero attached hydrogens (tertiary/aromatic N) is 4. The van der Waals surface area contributed by atoms with Crippen LogP contribution in [0.5, 0.6) is 0 Å². The molecule has 0 atom stereocenters. The third-order valence-corrected chi connectivity index (χ3v) is 5.37. The van der Waals surface area contributed by atoms with Gasteiger partial charge in [-0.2, -0.15) is 0 Å². The maximum absolute atomic E-state index is 12.6. The summed E-state index contributed by atoms with van der Waals surface area (Å²) < 4.78 is 0. The van der Waals surface area contributed by atoms with Gasteiger partial charge in [0, 0.05) is 62.5 Å². The van der Waals surface area contributed by atoms with Crippen molar-refractivity contribution in [3.63, 3.8) is 0 Å². The van der Waals surface area contributed by atoms with Gasteiger partial charge in [-0.05, 0) is 26.0 Å². The molecule has 0 aromatic carbocycles. The van der Waals surface area contributed by atoms with E-state index in [0.717, 1.165) is 17.2 Å². The lowest BCUT2D eigenvalue weighted by atomic mass is 10.2. The molecule has 156 valence electrons. The molecule has 3 rings (SSSR count). The lowest BCUT2D eigenvalue weighted by Gasteiger charge is -2.33. The molecule has 1 saturated heterocycles. The van der Waals surface area contributed by atoms with E-state index < -0.39 is 0 Å². The number of carbonyl (C=O) groups excluding carboxylic acids is 2. The number of anilines is 1. The summed E-state index contributed by atoms with van der Waals surface area (Å²) in [5, 5.41) is 8.73. The van der Waals surface area contributed by atoms with Gasteiger partial charge in [0.2, 0.25) is 5.91 Å². The van der Waals surface area contributed by atoms with Gasteiger partial charge < -0.3 is 15.5 Å². The molecule has 8 nitrogen and oxygen atoms in total. The lowest BCUT2D eigenvalue weighted by molar-refractivity contribution is -0.122. The number of carbonyl (C=O) groups is 2.